The van der Waals surface area contributed by atoms with Gasteiger partial charge in [0.2, 0.25) is 12.7 Å². The number of hydrogen-bond donors (Lipinski definition) is 3. The lowest BCUT2D eigenvalue weighted by Crippen LogP contribution is -2.39. The third-order valence-electron chi connectivity index (χ3n) is 5.37. The van der Waals surface area contributed by atoms with Gasteiger partial charge in [-0.25, -0.2) is 14.4 Å². The smallest absolute Gasteiger partial charge is 0.329 e. The van der Waals surface area contributed by atoms with Crippen LogP contribution in [0.15, 0.2) is 66.7 Å². The van der Waals surface area contributed by atoms with E-state index in [9.17, 15) is 9.59 Å². The molecular formula is C25H28N6O4. The first-order valence-corrected chi connectivity index (χ1v) is 11.0. The molecule has 2 aromatic carbocycles. The predicted octanol–water partition coefficient (Wildman–Crippen LogP) is 3.51. The van der Waals surface area contributed by atoms with Crippen molar-refractivity contribution >= 4 is 23.4 Å². The van der Waals surface area contributed by atoms with Crippen LogP contribution >= 0.6 is 0 Å². The number of rotatable bonds is 6. The number of nitrogen functional groups attached to an aromatic ring is 1. The number of benzene rings is 2. The van der Waals surface area contributed by atoms with Crippen molar-refractivity contribution in [2.45, 2.75) is 32.9 Å². The second-order valence-electron chi connectivity index (χ2n) is 8.97. The molecule has 0 atom stereocenters. The molecule has 10 heteroatoms. The Morgan fingerprint density at radius 2 is 1.80 bits per heavy atom. The van der Waals surface area contributed by atoms with Crippen molar-refractivity contribution < 1.29 is 19.1 Å². The first-order chi connectivity index (χ1) is 16.7. The van der Waals surface area contributed by atoms with Crippen LogP contribution in [0.1, 0.15) is 36.7 Å². The van der Waals surface area contributed by atoms with E-state index in [0.29, 0.717) is 23.5 Å². The lowest BCUT2D eigenvalue weighted by atomic mass is 10.1. The second kappa shape index (κ2) is 9.41. The van der Waals surface area contributed by atoms with Gasteiger partial charge in [-0.15, -0.1) is 0 Å². The highest BCUT2D eigenvalue weighted by Crippen LogP contribution is 2.32. The van der Waals surface area contributed by atoms with Gasteiger partial charge in [0, 0.05) is 12.1 Å². The molecule has 1 aliphatic rings. The molecule has 0 radical (unpaired) electrons. The number of ether oxygens (including phenoxy) is 2. The van der Waals surface area contributed by atoms with Gasteiger partial charge in [-0.1, -0.05) is 42.5 Å². The van der Waals surface area contributed by atoms with E-state index in [1.54, 1.807) is 28.9 Å². The molecule has 3 amide bonds. The molecule has 5 N–H and O–H groups in total. The van der Waals surface area contributed by atoms with Gasteiger partial charge in [0.05, 0.1) is 11.2 Å². The maximum absolute atomic E-state index is 13.1. The van der Waals surface area contributed by atoms with Crippen LogP contribution in [0.25, 0.3) is 11.3 Å². The number of primary amides is 1. The summed E-state index contributed by atoms with van der Waals surface area (Å²) in [6, 6.07) is 16.1. The Hall–Kier alpha value is -4.47. The van der Waals surface area contributed by atoms with Gasteiger partial charge in [0.25, 0.3) is 5.91 Å². The van der Waals surface area contributed by atoms with Crippen molar-refractivity contribution in [1.82, 2.24) is 15.1 Å². The van der Waals surface area contributed by atoms with Crippen LogP contribution in [0.4, 0.5) is 16.3 Å². The molecule has 0 saturated heterocycles. The Bertz CT molecular complexity index is 1260. The number of carbonyl (C=O) groups excluding carboxylic acids is 2. The highest BCUT2D eigenvalue weighted by atomic mass is 16.7. The summed E-state index contributed by atoms with van der Waals surface area (Å²) in [6.07, 6.45) is 1.38. The van der Waals surface area contributed by atoms with Crippen molar-refractivity contribution in [1.29, 1.82) is 0 Å². The van der Waals surface area contributed by atoms with Gasteiger partial charge in [0.1, 0.15) is 23.3 Å². The fourth-order valence-electron chi connectivity index (χ4n) is 3.70. The minimum atomic E-state index is -0.666. The van der Waals surface area contributed by atoms with Crippen LogP contribution in [0.5, 0.6) is 0 Å². The molecule has 0 fully saturated rings. The van der Waals surface area contributed by atoms with Crippen molar-refractivity contribution in [2.24, 2.45) is 5.73 Å². The van der Waals surface area contributed by atoms with E-state index in [1.807, 2.05) is 51.1 Å². The SMILES string of the molecule is CC(C)(C)n1nc(-c2ccc(N(C(=O)NCc3ccccc3)C3=COCO3)cc2)c(C(N)=O)c1N. The van der Waals surface area contributed by atoms with Crippen LogP contribution in [-0.4, -0.2) is 28.5 Å². The number of anilines is 2. The Morgan fingerprint density at radius 1 is 1.11 bits per heavy atom. The van der Waals surface area contributed by atoms with Crippen molar-refractivity contribution in [3.8, 4) is 11.3 Å². The number of amides is 3. The summed E-state index contributed by atoms with van der Waals surface area (Å²) in [6.45, 7) is 6.14. The topological polar surface area (TPSA) is 138 Å². The number of nitrogens with one attached hydrogen (secondary N) is 1. The summed E-state index contributed by atoms with van der Waals surface area (Å²) >= 11 is 0. The maximum atomic E-state index is 13.1. The van der Waals surface area contributed by atoms with Crippen LogP contribution < -0.4 is 21.7 Å². The lowest BCUT2D eigenvalue weighted by Gasteiger charge is -2.22. The van der Waals surface area contributed by atoms with Crippen molar-refractivity contribution in [2.75, 3.05) is 17.4 Å². The van der Waals surface area contributed by atoms with Gasteiger partial charge >= 0.3 is 6.03 Å². The van der Waals surface area contributed by atoms with Crippen LogP contribution in [0, 0.1) is 0 Å². The van der Waals surface area contributed by atoms with E-state index < -0.39 is 17.5 Å². The summed E-state index contributed by atoms with van der Waals surface area (Å²) in [5.41, 5.74) is 14.0. The Morgan fingerprint density at radius 3 is 2.37 bits per heavy atom. The number of nitrogens with two attached hydrogens (primary N) is 2. The van der Waals surface area contributed by atoms with Gasteiger partial charge in [-0.3, -0.25) is 4.79 Å². The number of carbonyl (C=O) groups is 2. The zero-order valence-corrected chi connectivity index (χ0v) is 19.8. The molecule has 0 bridgehead atoms. The predicted molar refractivity (Wildman–Crippen MR) is 132 cm³/mol. The normalized spacial score (nSPS) is 12.9. The zero-order valence-electron chi connectivity index (χ0n) is 19.8. The van der Waals surface area contributed by atoms with Gasteiger partial charge in [-0.05, 0) is 38.5 Å². The summed E-state index contributed by atoms with van der Waals surface area (Å²) in [4.78, 5) is 26.7. The largest absolute Gasteiger partial charge is 0.459 e. The fraction of sp³-hybridized carbons (Fsp3) is 0.240. The maximum Gasteiger partial charge on any atom is 0.329 e. The zero-order chi connectivity index (χ0) is 25.2. The molecule has 2 heterocycles. The quantitative estimate of drug-likeness (QED) is 0.498. The van der Waals surface area contributed by atoms with Gasteiger partial charge in [0.15, 0.2) is 0 Å². The standard InChI is InChI=1S/C25H28N6O4/c1-25(2,3)31-22(26)20(23(27)32)21(29-31)17-9-11-18(12-10-17)30(19-14-34-15-35-19)24(33)28-13-16-7-5-4-6-8-16/h4-12,14H,13,15,26H2,1-3H3,(H2,27,32)(H,28,33). The molecule has 1 aromatic heterocycles. The molecule has 3 aromatic rings. The Kier molecular flexibility index (Phi) is 6.37. The molecule has 0 unspecified atom stereocenters. The first-order valence-electron chi connectivity index (χ1n) is 11.0. The monoisotopic (exact) mass is 476 g/mol. The van der Waals surface area contributed by atoms with E-state index >= 15 is 0 Å². The summed E-state index contributed by atoms with van der Waals surface area (Å²) in [5.74, 6) is -0.212. The third kappa shape index (κ3) is 4.91. The number of urea groups is 1. The number of aromatic nitrogens is 2. The number of nitrogens with zero attached hydrogens (tertiary/aromatic N) is 3. The molecular weight excluding hydrogens is 448 g/mol. The lowest BCUT2D eigenvalue weighted by molar-refractivity contribution is 0.0792. The van der Waals surface area contributed by atoms with Crippen LogP contribution in [0.2, 0.25) is 0 Å². The van der Waals surface area contributed by atoms with Gasteiger partial charge < -0.3 is 26.3 Å². The van der Waals surface area contributed by atoms with Crippen LogP contribution in [-0.2, 0) is 21.6 Å². The molecule has 10 nitrogen and oxygen atoms in total. The Balaban J connectivity index is 1.65. The minimum Gasteiger partial charge on any atom is -0.459 e. The average molecular weight is 477 g/mol. The van der Waals surface area contributed by atoms with E-state index in [4.69, 9.17) is 20.9 Å². The highest BCUT2D eigenvalue weighted by molar-refractivity contribution is 6.03. The third-order valence-corrected chi connectivity index (χ3v) is 5.37. The molecule has 0 spiro atoms. The minimum absolute atomic E-state index is 0.0152. The molecule has 0 saturated carbocycles. The molecule has 0 aliphatic carbocycles. The molecule has 1 aliphatic heterocycles. The average Bonchev–Trinajstić information content (AvgIpc) is 3.47. The van der Waals surface area contributed by atoms with Crippen molar-refractivity contribution in [3.05, 3.63) is 77.9 Å². The van der Waals surface area contributed by atoms with E-state index in [1.165, 1.54) is 11.2 Å². The van der Waals surface area contributed by atoms with E-state index in [0.717, 1.165) is 5.56 Å². The van der Waals surface area contributed by atoms with E-state index in [2.05, 4.69) is 10.4 Å². The van der Waals surface area contributed by atoms with Gasteiger partial charge in [-0.2, -0.15) is 5.10 Å². The van der Waals surface area contributed by atoms with E-state index in [-0.39, 0.29) is 24.1 Å². The fourth-order valence-corrected chi connectivity index (χ4v) is 3.70. The molecule has 4 rings (SSSR count). The summed E-state index contributed by atoms with van der Waals surface area (Å²) in [5, 5.41) is 7.45. The van der Waals surface area contributed by atoms with Crippen molar-refractivity contribution in [3.63, 3.8) is 0 Å². The second-order valence-corrected chi connectivity index (χ2v) is 8.97. The highest BCUT2D eigenvalue weighted by Gasteiger charge is 2.28. The van der Waals surface area contributed by atoms with Crippen LogP contribution in [0.3, 0.4) is 0 Å². The molecule has 35 heavy (non-hydrogen) atoms. The summed E-state index contributed by atoms with van der Waals surface area (Å²) < 4.78 is 12.2. The Labute approximate surface area is 203 Å². The summed E-state index contributed by atoms with van der Waals surface area (Å²) in [7, 11) is 0. The number of hydrogen-bond acceptors (Lipinski definition) is 6. The molecule has 182 valence electrons. The first kappa shape index (κ1) is 23.7.